The van der Waals surface area contributed by atoms with Crippen molar-refractivity contribution in [3.05, 3.63) is 94.5 Å². The van der Waals surface area contributed by atoms with Crippen LogP contribution in [0.15, 0.2) is 77.7 Å². The highest BCUT2D eigenvalue weighted by atomic mass is 16.1. The van der Waals surface area contributed by atoms with Crippen molar-refractivity contribution in [2.75, 3.05) is 12.1 Å². The van der Waals surface area contributed by atoms with Gasteiger partial charge in [-0.15, -0.1) is 0 Å². The summed E-state index contributed by atoms with van der Waals surface area (Å²) >= 11 is 0. The van der Waals surface area contributed by atoms with Gasteiger partial charge in [-0.2, -0.15) is 0 Å². The predicted molar refractivity (Wildman–Crippen MR) is 130 cm³/mol. The number of hydrogen-bond donors (Lipinski definition) is 0. The Morgan fingerprint density at radius 2 is 1.58 bits per heavy atom. The van der Waals surface area contributed by atoms with Gasteiger partial charge >= 0.3 is 0 Å². The second-order valence-corrected chi connectivity index (χ2v) is 7.88. The van der Waals surface area contributed by atoms with Gasteiger partial charge in [-0.3, -0.25) is 9.80 Å². The molecule has 0 unspecified atom stereocenters. The number of fused-ring (bicyclic) bond motifs is 1. The van der Waals surface area contributed by atoms with Crippen LogP contribution in [-0.2, 0) is 12.8 Å². The Hall–Kier alpha value is -3.40. The summed E-state index contributed by atoms with van der Waals surface area (Å²) in [5, 5.41) is 3.71. The van der Waals surface area contributed by atoms with Crippen molar-refractivity contribution in [1.82, 2.24) is 9.66 Å². The molecule has 0 saturated carbocycles. The lowest BCUT2D eigenvalue weighted by Gasteiger charge is -2.27. The molecule has 4 aromatic rings. The van der Waals surface area contributed by atoms with Crippen molar-refractivity contribution in [1.29, 1.82) is 0 Å². The summed E-state index contributed by atoms with van der Waals surface area (Å²) in [7, 11) is 1.92. The van der Waals surface area contributed by atoms with Crippen LogP contribution < -0.4 is 10.6 Å². The standard InChI is InChI=1S/C27H29N3O/c1-4-11-22-24-19-21(20-13-7-6-8-14-20)16-17-23(24)27(31)30(25(22)12-5-2)29(3)26-15-9-10-18-28-26/h6-10,13-19H,4-5,11-12H2,1-3H3. The maximum Gasteiger partial charge on any atom is 0.277 e. The van der Waals surface area contributed by atoms with Gasteiger partial charge in [0.2, 0.25) is 0 Å². The first-order valence-corrected chi connectivity index (χ1v) is 11.1. The van der Waals surface area contributed by atoms with Crippen molar-refractivity contribution in [3.8, 4) is 11.1 Å². The summed E-state index contributed by atoms with van der Waals surface area (Å²) in [6.07, 6.45) is 5.52. The Kier molecular flexibility index (Phi) is 6.17. The van der Waals surface area contributed by atoms with E-state index in [1.54, 1.807) is 6.20 Å². The van der Waals surface area contributed by atoms with Gasteiger partial charge in [0.25, 0.3) is 5.56 Å². The van der Waals surface area contributed by atoms with E-state index in [1.165, 1.54) is 11.1 Å². The minimum Gasteiger partial charge on any atom is -0.267 e. The molecular weight excluding hydrogens is 382 g/mol. The topological polar surface area (TPSA) is 38.1 Å². The van der Waals surface area contributed by atoms with Crippen molar-refractivity contribution in [3.63, 3.8) is 0 Å². The maximum atomic E-state index is 13.7. The van der Waals surface area contributed by atoms with Gasteiger partial charge < -0.3 is 0 Å². The Morgan fingerprint density at radius 1 is 0.839 bits per heavy atom. The van der Waals surface area contributed by atoms with Gasteiger partial charge in [-0.25, -0.2) is 9.66 Å². The Bertz CT molecular complexity index is 1230. The summed E-state index contributed by atoms with van der Waals surface area (Å²) < 4.78 is 1.83. The quantitative estimate of drug-likeness (QED) is 0.382. The van der Waals surface area contributed by atoms with Crippen molar-refractivity contribution in [2.24, 2.45) is 0 Å². The van der Waals surface area contributed by atoms with Crippen LogP contribution in [0.5, 0.6) is 0 Å². The fraction of sp³-hybridized carbons (Fsp3) is 0.259. The van der Waals surface area contributed by atoms with Gasteiger partial charge in [-0.1, -0.05) is 69.2 Å². The molecule has 158 valence electrons. The molecule has 0 aliphatic heterocycles. The fourth-order valence-corrected chi connectivity index (χ4v) is 4.30. The van der Waals surface area contributed by atoms with Crippen LogP contribution in [0.25, 0.3) is 21.9 Å². The van der Waals surface area contributed by atoms with Crippen LogP contribution in [0.4, 0.5) is 5.82 Å². The van der Waals surface area contributed by atoms with E-state index in [1.807, 2.05) is 47.1 Å². The third-order valence-corrected chi connectivity index (χ3v) is 5.75. The Morgan fingerprint density at radius 3 is 2.26 bits per heavy atom. The minimum atomic E-state index is 0.00562. The molecule has 0 aliphatic rings. The van der Waals surface area contributed by atoms with Crippen LogP contribution >= 0.6 is 0 Å². The number of aromatic nitrogens is 2. The smallest absolute Gasteiger partial charge is 0.267 e. The molecular formula is C27H29N3O. The second-order valence-electron chi connectivity index (χ2n) is 7.88. The van der Waals surface area contributed by atoms with Gasteiger partial charge in [-0.05, 0) is 59.2 Å². The van der Waals surface area contributed by atoms with Crippen LogP contribution in [0.3, 0.4) is 0 Å². The van der Waals surface area contributed by atoms with Crippen LogP contribution in [-0.4, -0.2) is 16.7 Å². The molecule has 0 spiro atoms. The van der Waals surface area contributed by atoms with E-state index < -0.39 is 0 Å². The highest BCUT2D eigenvalue weighted by Gasteiger charge is 2.20. The van der Waals surface area contributed by atoms with E-state index in [4.69, 9.17) is 0 Å². The van der Waals surface area contributed by atoms with E-state index in [0.29, 0.717) is 0 Å². The molecule has 0 atom stereocenters. The zero-order valence-electron chi connectivity index (χ0n) is 18.5. The fourth-order valence-electron chi connectivity index (χ4n) is 4.30. The molecule has 2 aromatic heterocycles. The van der Waals surface area contributed by atoms with E-state index in [2.05, 4.69) is 55.2 Å². The lowest BCUT2D eigenvalue weighted by Crippen LogP contribution is -2.39. The summed E-state index contributed by atoms with van der Waals surface area (Å²) in [5.41, 5.74) is 4.66. The van der Waals surface area contributed by atoms with E-state index in [-0.39, 0.29) is 5.56 Å². The Labute approximate surface area is 183 Å². The first kappa shape index (κ1) is 20.9. The van der Waals surface area contributed by atoms with Gasteiger partial charge in [0.15, 0.2) is 0 Å². The zero-order valence-corrected chi connectivity index (χ0v) is 18.5. The first-order valence-electron chi connectivity index (χ1n) is 11.1. The number of aryl methyl sites for hydroxylation is 1. The lowest BCUT2D eigenvalue weighted by molar-refractivity contribution is 0.660. The van der Waals surface area contributed by atoms with Crippen molar-refractivity contribution >= 4 is 16.6 Å². The van der Waals surface area contributed by atoms with Crippen LogP contribution in [0, 0.1) is 0 Å². The molecule has 0 aliphatic carbocycles. The van der Waals surface area contributed by atoms with E-state index in [0.717, 1.165) is 53.5 Å². The molecule has 2 aromatic carbocycles. The van der Waals surface area contributed by atoms with Crippen LogP contribution in [0.2, 0.25) is 0 Å². The van der Waals surface area contributed by atoms with Gasteiger partial charge in [0, 0.05) is 24.3 Å². The molecule has 0 amide bonds. The molecule has 4 nitrogen and oxygen atoms in total. The summed E-state index contributed by atoms with van der Waals surface area (Å²) in [5.74, 6) is 0.754. The normalized spacial score (nSPS) is 11.1. The number of nitrogens with zero attached hydrogens (tertiary/aromatic N) is 3. The molecule has 2 heterocycles. The molecule has 0 fully saturated rings. The number of rotatable bonds is 7. The van der Waals surface area contributed by atoms with E-state index in [9.17, 15) is 4.79 Å². The SMILES string of the molecule is CCCc1c(CCC)n(N(C)c2ccccn2)c(=O)c2ccc(-c3ccccc3)cc12. The van der Waals surface area contributed by atoms with Crippen LogP contribution in [0.1, 0.15) is 37.9 Å². The average molecular weight is 412 g/mol. The van der Waals surface area contributed by atoms with Gasteiger partial charge in [0.05, 0.1) is 0 Å². The van der Waals surface area contributed by atoms with Crippen molar-refractivity contribution in [2.45, 2.75) is 39.5 Å². The monoisotopic (exact) mass is 411 g/mol. The first-order chi connectivity index (χ1) is 15.2. The highest BCUT2D eigenvalue weighted by Crippen LogP contribution is 2.29. The largest absolute Gasteiger partial charge is 0.277 e. The third-order valence-electron chi connectivity index (χ3n) is 5.75. The number of pyridine rings is 2. The molecule has 0 radical (unpaired) electrons. The molecule has 0 N–H and O–H groups in total. The maximum absolute atomic E-state index is 13.7. The number of anilines is 1. The number of hydrogen-bond acceptors (Lipinski definition) is 3. The zero-order chi connectivity index (χ0) is 21.8. The lowest BCUT2D eigenvalue weighted by atomic mass is 9.94. The average Bonchev–Trinajstić information content (AvgIpc) is 2.82. The third kappa shape index (κ3) is 3.98. The Balaban J connectivity index is 2.01. The van der Waals surface area contributed by atoms with Crippen molar-refractivity contribution < 1.29 is 0 Å². The molecule has 0 saturated heterocycles. The van der Waals surface area contributed by atoms with Gasteiger partial charge in [0.1, 0.15) is 5.82 Å². The molecule has 31 heavy (non-hydrogen) atoms. The molecule has 4 rings (SSSR count). The summed E-state index contributed by atoms with van der Waals surface area (Å²) in [6.45, 7) is 4.36. The molecule has 4 heteroatoms. The summed E-state index contributed by atoms with van der Waals surface area (Å²) in [6, 6.07) is 22.4. The second kappa shape index (κ2) is 9.17. The predicted octanol–water partition coefficient (Wildman–Crippen LogP) is 5.87. The summed E-state index contributed by atoms with van der Waals surface area (Å²) in [4.78, 5) is 18.2. The van der Waals surface area contributed by atoms with E-state index >= 15 is 0 Å². The highest BCUT2D eigenvalue weighted by molar-refractivity contribution is 5.90. The molecule has 0 bridgehead atoms. The number of benzene rings is 2. The minimum absolute atomic E-state index is 0.00562.